The standard InChI is InChI=1S/C18H18ClNO5S/c1-9-10(8-14(21)22)16-11(4-5-12(24-2)17(16)19)20(9)18(23)13-6-7-15(25-3)26-13/h5-7,11H,4,8H2,1-3H3,(H,21,22). The third kappa shape index (κ3) is 3.01. The Morgan fingerprint density at radius 2 is 2.08 bits per heavy atom. The highest BCUT2D eigenvalue weighted by Crippen LogP contribution is 2.45. The van der Waals surface area contributed by atoms with Gasteiger partial charge in [-0.1, -0.05) is 22.9 Å². The summed E-state index contributed by atoms with van der Waals surface area (Å²) in [5.74, 6) is -0.672. The number of rotatable bonds is 5. The number of amides is 1. The van der Waals surface area contributed by atoms with Gasteiger partial charge in [0.1, 0.15) is 5.76 Å². The minimum Gasteiger partial charge on any atom is -0.496 e. The number of allylic oxidation sites excluding steroid dienone is 2. The number of carbonyl (C=O) groups excluding carboxylic acids is 1. The minimum absolute atomic E-state index is 0.197. The number of hydrogen-bond donors (Lipinski definition) is 1. The molecule has 26 heavy (non-hydrogen) atoms. The van der Waals surface area contributed by atoms with Gasteiger partial charge in [-0.3, -0.25) is 9.59 Å². The number of aliphatic carboxylic acids is 1. The fourth-order valence-corrected chi connectivity index (χ4v) is 4.50. The van der Waals surface area contributed by atoms with Crippen LogP contribution in [0.3, 0.4) is 0 Å². The highest BCUT2D eigenvalue weighted by atomic mass is 35.5. The zero-order valence-electron chi connectivity index (χ0n) is 14.5. The van der Waals surface area contributed by atoms with Crippen molar-refractivity contribution in [1.82, 2.24) is 4.90 Å². The van der Waals surface area contributed by atoms with Gasteiger partial charge < -0.3 is 19.5 Å². The molecule has 0 fully saturated rings. The van der Waals surface area contributed by atoms with Crippen LogP contribution in [0.15, 0.2) is 45.8 Å². The van der Waals surface area contributed by atoms with Gasteiger partial charge in [0.15, 0.2) is 5.06 Å². The van der Waals surface area contributed by atoms with E-state index >= 15 is 0 Å². The van der Waals surface area contributed by atoms with Gasteiger partial charge in [-0.25, -0.2) is 0 Å². The van der Waals surface area contributed by atoms with E-state index in [0.29, 0.717) is 44.0 Å². The highest BCUT2D eigenvalue weighted by Gasteiger charge is 2.42. The first kappa shape index (κ1) is 18.5. The van der Waals surface area contributed by atoms with Crippen molar-refractivity contribution >= 4 is 34.8 Å². The maximum Gasteiger partial charge on any atom is 0.307 e. The summed E-state index contributed by atoms with van der Waals surface area (Å²) in [5.41, 5.74) is 1.82. The Morgan fingerprint density at radius 1 is 1.35 bits per heavy atom. The zero-order valence-corrected chi connectivity index (χ0v) is 16.1. The first-order valence-electron chi connectivity index (χ1n) is 7.92. The molecule has 1 aliphatic heterocycles. The average molecular weight is 396 g/mol. The molecule has 1 N–H and O–H groups in total. The van der Waals surface area contributed by atoms with Crippen LogP contribution in [0.4, 0.5) is 0 Å². The van der Waals surface area contributed by atoms with E-state index < -0.39 is 5.97 Å². The predicted molar refractivity (Wildman–Crippen MR) is 98.4 cm³/mol. The summed E-state index contributed by atoms with van der Waals surface area (Å²) >= 11 is 7.72. The number of nitrogens with zero attached hydrogens (tertiary/aromatic N) is 1. The Kier molecular flexibility index (Phi) is 5.11. The van der Waals surface area contributed by atoms with E-state index in [0.717, 1.165) is 0 Å². The van der Waals surface area contributed by atoms with Crippen LogP contribution in [0.25, 0.3) is 0 Å². The molecule has 0 saturated carbocycles. The van der Waals surface area contributed by atoms with Gasteiger partial charge in [-0.05, 0) is 37.1 Å². The second-order valence-corrected chi connectivity index (χ2v) is 7.31. The number of methoxy groups -OCH3 is 2. The molecule has 0 aromatic carbocycles. The molecule has 0 saturated heterocycles. The molecule has 0 radical (unpaired) electrons. The maximum atomic E-state index is 13.1. The van der Waals surface area contributed by atoms with Crippen LogP contribution in [0, 0.1) is 0 Å². The van der Waals surface area contributed by atoms with Gasteiger partial charge in [0.2, 0.25) is 0 Å². The van der Waals surface area contributed by atoms with Crippen molar-refractivity contribution in [3.8, 4) is 5.06 Å². The number of thiophene rings is 1. The van der Waals surface area contributed by atoms with E-state index in [1.165, 1.54) is 18.4 Å². The van der Waals surface area contributed by atoms with Gasteiger partial charge in [0, 0.05) is 11.3 Å². The minimum atomic E-state index is -0.976. The molecular formula is C18H18ClNO5S. The van der Waals surface area contributed by atoms with Crippen LogP contribution in [0.5, 0.6) is 5.06 Å². The Labute approximate surface area is 160 Å². The number of fused-ring (bicyclic) bond motifs is 1. The van der Waals surface area contributed by atoms with Crippen LogP contribution >= 0.6 is 22.9 Å². The summed E-state index contributed by atoms with van der Waals surface area (Å²) in [6, 6.07) is 3.11. The summed E-state index contributed by atoms with van der Waals surface area (Å²) in [6.07, 6.45) is 2.12. The van der Waals surface area contributed by atoms with E-state index in [-0.39, 0.29) is 18.4 Å². The second-order valence-electron chi connectivity index (χ2n) is 5.88. The number of carboxylic acids is 1. The molecule has 0 bridgehead atoms. The molecule has 2 heterocycles. The van der Waals surface area contributed by atoms with Gasteiger partial charge >= 0.3 is 5.97 Å². The number of hydrogen-bond acceptors (Lipinski definition) is 5. The molecule has 1 aromatic heterocycles. The third-order valence-electron chi connectivity index (χ3n) is 4.51. The second kappa shape index (κ2) is 7.17. The highest BCUT2D eigenvalue weighted by molar-refractivity contribution is 7.15. The summed E-state index contributed by atoms with van der Waals surface area (Å²) in [7, 11) is 3.06. The lowest BCUT2D eigenvalue weighted by molar-refractivity contribution is -0.136. The predicted octanol–water partition coefficient (Wildman–Crippen LogP) is 3.76. The molecule has 3 rings (SSSR count). The fourth-order valence-electron chi connectivity index (χ4n) is 3.35. The van der Waals surface area contributed by atoms with Crippen LogP contribution in [-0.2, 0) is 9.53 Å². The molecule has 1 amide bonds. The molecule has 1 aromatic rings. The van der Waals surface area contributed by atoms with Crippen molar-refractivity contribution in [2.75, 3.05) is 14.2 Å². The Balaban J connectivity index is 2.07. The first-order chi connectivity index (χ1) is 12.4. The molecule has 138 valence electrons. The number of carboxylic acid groups (broad SMARTS) is 1. The van der Waals surface area contributed by atoms with Gasteiger partial charge in [0.05, 0.1) is 36.6 Å². The van der Waals surface area contributed by atoms with Crippen LogP contribution in [0.1, 0.15) is 29.4 Å². The summed E-state index contributed by atoms with van der Waals surface area (Å²) in [4.78, 5) is 26.6. The topological polar surface area (TPSA) is 76.1 Å². The van der Waals surface area contributed by atoms with Crippen LogP contribution in [-0.4, -0.2) is 42.1 Å². The Morgan fingerprint density at radius 3 is 2.65 bits per heavy atom. The lowest BCUT2D eigenvalue weighted by Gasteiger charge is -2.29. The lowest BCUT2D eigenvalue weighted by atomic mass is 9.92. The summed E-state index contributed by atoms with van der Waals surface area (Å²) in [6.45, 7) is 1.75. The van der Waals surface area contributed by atoms with Crippen LogP contribution < -0.4 is 4.74 Å². The molecule has 8 heteroatoms. The monoisotopic (exact) mass is 395 g/mol. The molecule has 1 atom stereocenters. The molecule has 1 aliphatic carbocycles. The number of halogens is 1. The summed E-state index contributed by atoms with van der Waals surface area (Å²) < 4.78 is 10.4. The van der Waals surface area contributed by atoms with Crippen LogP contribution in [0.2, 0.25) is 0 Å². The van der Waals surface area contributed by atoms with Gasteiger partial charge in [0.25, 0.3) is 5.91 Å². The Hall–Kier alpha value is -2.25. The van der Waals surface area contributed by atoms with Crippen molar-refractivity contribution in [3.63, 3.8) is 0 Å². The first-order valence-corrected chi connectivity index (χ1v) is 9.12. The van der Waals surface area contributed by atoms with Crippen molar-refractivity contribution < 1.29 is 24.2 Å². The smallest absolute Gasteiger partial charge is 0.307 e. The zero-order chi connectivity index (χ0) is 19.0. The third-order valence-corrected chi connectivity index (χ3v) is 5.93. The number of ether oxygens (including phenoxy) is 2. The van der Waals surface area contributed by atoms with Crippen molar-refractivity contribution in [1.29, 1.82) is 0 Å². The molecule has 2 aliphatic rings. The summed E-state index contributed by atoms with van der Waals surface area (Å²) in [5, 5.41) is 10.3. The van der Waals surface area contributed by atoms with Gasteiger partial charge in [-0.2, -0.15) is 0 Å². The SMILES string of the molecule is COC1=CCC2C(=C1Cl)C(CC(=O)O)=C(C)N2C(=O)c1ccc(OC)s1. The fraction of sp³-hybridized carbons (Fsp3) is 0.333. The van der Waals surface area contributed by atoms with E-state index in [1.807, 2.05) is 6.08 Å². The van der Waals surface area contributed by atoms with E-state index in [4.69, 9.17) is 21.1 Å². The molecule has 1 unspecified atom stereocenters. The Bertz CT molecular complexity index is 867. The van der Waals surface area contributed by atoms with Crippen molar-refractivity contribution in [2.24, 2.45) is 0 Å². The van der Waals surface area contributed by atoms with Crippen molar-refractivity contribution in [2.45, 2.75) is 25.8 Å². The lowest BCUT2D eigenvalue weighted by Crippen LogP contribution is -2.36. The van der Waals surface area contributed by atoms with Crippen molar-refractivity contribution in [3.05, 3.63) is 50.7 Å². The largest absolute Gasteiger partial charge is 0.496 e. The molecular weight excluding hydrogens is 378 g/mol. The van der Waals surface area contributed by atoms with E-state index in [1.54, 1.807) is 31.1 Å². The number of carbonyl (C=O) groups is 2. The molecule has 6 nitrogen and oxygen atoms in total. The molecule has 0 spiro atoms. The van der Waals surface area contributed by atoms with E-state index in [2.05, 4.69) is 0 Å². The average Bonchev–Trinajstić information content (AvgIpc) is 3.18. The normalized spacial score (nSPS) is 19.5. The quantitative estimate of drug-likeness (QED) is 0.821. The van der Waals surface area contributed by atoms with Gasteiger partial charge in [-0.15, -0.1) is 0 Å². The van der Waals surface area contributed by atoms with E-state index in [9.17, 15) is 14.7 Å². The maximum absolute atomic E-state index is 13.1.